The molecular weight excluding hydrogens is 216 g/mol. The fraction of sp³-hybridized carbons (Fsp3) is 1.00. The van der Waals surface area contributed by atoms with Crippen LogP contribution in [0.5, 0.6) is 0 Å². The van der Waals surface area contributed by atoms with E-state index < -0.39 is 0 Å². The van der Waals surface area contributed by atoms with E-state index in [0.717, 1.165) is 45.8 Å². The lowest BCUT2D eigenvalue weighted by Crippen LogP contribution is -2.50. The van der Waals surface area contributed by atoms with Gasteiger partial charge >= 0.3 is 0 Å². The van der Waals surface area contributed by atoms with E-state index in [1.54, 1.807) is 7.11 Å². The Hall–Kier alpha value is -0.160. The smallest absolute Gasteiger partial charge is 0.0700 e. The molecule has 0 radical (unpaired) electrons. The molecule has 4 nitrogen and oxygen atoms in total. The monoisotopic (exact) mass is 244 g/mol. The summed E-state index contributed by atoms with van der Waals surface area (Å²) in [7, 11) is 1.77. The number of hydrogen-bond acceptors (Lipinski definition) is 4. The Labute approximate surface area is 106 Å². The second-order valence-electron chi connectivity index (χ2n) is 4.77. The minimum Gasteiger partial charge on any atom is -0.383 e. The minimum atomic E-state index is 0.415. The van der Waals surface area contributed by atoms with Gasteiger partial charge in [-0.2, -0.15) is 0 Å². The summed E-state index contributed by atoms with van der Waals surface area (Å²) < 4.78 is 11.0. The largest absolute Gasteiger partial charge is 0.383 e. The van der Waals surface area contributed by atoms with Crippen molar-refractivity contribution < 1.29 is 9.47 Å². The lowest BCUT2D eigenvalue weighted by Gasteiger charge is -2.34. The third-order valence-corrected chi connectivity index (χ3v) is 3.21. The van der Waals surface area contributed by atoms with Gasteiger partial charge in [0.05, 0.1) is 19.3 Å². The first-order valence-corrected chi connectivity index (χ1v) is 6.86. The highest BCUT2D eigenvalue weighted by Gasteiger charge is 2.21. The molecule has 1 saturated heterocycles. The molecule has 1 aliphatic rings. The molecule has 0 spiro atoms. The highest BCUT2D eigenvalue weighted by molar-refractivity contribution is 4.76. The van der Waals surface area contributed by atoms with E-state index >= 15 is 0 Å². The van der Waals surface area contributed by atoms with Crippen LogP contribution in [-0.4, -0.2) is 63.5 Å². The number of morpholine rings is 1. The molecule has 1 rings (SSSR count). The van der Waals surface area contributed by atoms with Gasteiger partial charge in [-0.05, 0) is 19.4 Å². The van der Waals surface area contributed by atoms with Gasteiger partial charge in [-0.15, -0.1) is 0 Å². The quantitative estimate of drug-likeness (QED) is 0.693. The Morgan fingerprint density at radius 1 is 1.47 bits per heavy atom. The maximum atomic E-state index is 5.69. The molecule has 0 bridgehead atoms. The van der Waals surface area contributed by atoms with Gasteiger partial charge in [-0.3, -0.25) is 4.90 Å². The van der Waals surface area contributed by atoms with Gasteiger partial charge in [0.15, 0.2) is 0 Å². The number of hydrogen-bond donors (Lipinski definition) is 1. The molecule has 4 heteroatoms. The number of rotatable bonds is 8. The Balaban J connectivity index is 2.31. The van der Waals surface area contributed by atoms with Crippen LogP contribution in [0.2, 0.25) is 0 Å². The highest BCUT2D eigenvalue weighted by atomic mass is 16.5. The fourth-order valence-corrected chi connectivity index (χ4v) is 2.23. The van der Waals surface area contributed by atoms with Gasteiger partial charge < -0.3 is 14.8 Å². The molecule has 1 N–H and O–H groups in total. The van der Waals surface area contributed by atoms with Crippen LogP contribution in [0.25, 0.3) is 0 Å². The van der Waals surface area contributed by atoms with Gasteiger partial charge in [-0.25, -0.2) is 0 Å². The summed E-state index contributed by atoms with van der Waals surface area (Å²) in [4.78, 5) is 2.49. The predicted octanol–water partition coefficient (Wildman–Crippen LogP) is 1.11. The number of nitrogens with one attached hydrogen (secondary N) is 1. The van der Waals surface area contributed by atoms with Gasteiger partial charge in [0, 0.05) is 32.8 Å². The van der Waals surface area contributed by atoms with E-state index in [1.165, 1.54) is 6.42 Å². The normalized spacial score (nSPS) is 23.8. The summed E-state index contributed by atoms with van der Waals surface area (Å²) in [5.74, 6) is 0. The average molecular weight is 244 g/mol. The Morgan fingerprint density at radius 2 is 2.29 bits per heavy atom. The number of ether oxygens (including phenoxy) is 2. The molecule has 0 amide bonds. The van der Waals surface area contributed by atoms with Crippen LogP contribution in [0.1, 0.15) is 26.7 Å². The molecule has 0 saturated carbocycles. The van der Waals surface area contributed by atoms with Crippen LogP contribution < -0.4 is 5.32 Å². The number of nitrogens with zero attached hydrogens (tertiary/aromatic N) is 1. The first-order chi connectivity index (χ1) is 8.30. The standard InChI is InChI=1S/C13H28N2O2/c1-4-6-14-12(11-16-3)9-15-7-8-17-13(5-2)10-15/h12-14H,4-11H2,1-3H3. The van der Waals surface area contributed by atoms with Gasteiger partial charge in [0.25, 0.3) is 0 Å². The maximum Gasteiger partial charge on any atom is 0.0700 e. The van der Waals surface area contributed by atoms with Crippen LogP contribution in [-0.2, 0) is 9.47 Å². The van der Waals surface area contributed by atoms with Crippen molar-refractivity contribution in [3.05, 3.63) is 0 Å². The van der Waals surface area contributed by atoms with Crippen LogP contribution >= 0.6 is 0 Å². The topological polar surface area (TPSA) is 33.7 Å². The van der Waals surface area contributed by atoms with Crippen molar-refractivity contribution in [2.45, 2.75) is 38.8 Å². The van der Waals surface area contributed by atoms with Gasteiger partial charge in [0.2, 0.25) is 0 Å². The van der Waals surface area contributed by atoms with Crippen molar-refractivity contribution in [1.29, 1.82) is 0 Å². The summed E-state index contributed by atoms with van der Waals surface area (Å²) in [6, 6.07) is 0.440. The molecule has 2 atom stereocenters. The molecule has 17 heavy (non-hydrogen) atoms. The third-order valence-electron chi connectivity index (χ3n) is 3.21. The van der Waals surface area contributed by atoms with E-state index in [0.29, 0.717) is 12.1 Å². The lowest BCUT2D eigenvalue weighted by atomic mass is 10.2. The molecule has 102 valence electrons. The SMILES string of the molecule is CCCNC(COC)CN1CCOC(CC)C1. The molecule has 0 aromatic carbocycles. The van der Waals surface area contributed by atoms with Gasteiger partial charge in [-0.1, -0.05) is 13.8 Å². The zero-order valence-corrected chi connectivity index (χ0v) is 11.6. The van der Waals surface area contributed by atoms with Crippen molar-refractivity contribution in [2.24, 2.45) is 0 Å². The summed E-state index contributed by atoms with van der Waals surface area (Å²) in [5.41, 5.74) is 0. The van der Waals surface area contributed by atoms with Crippen molar-refractivity contribution in [3.8, 4) is 0 Å². The first-order valence-electron chi connectivity index (χ1n) is 6.86. The maximum absolute atomic E-state index is 5.69. The Kier molecular flexibility index (Phi) is 7.77. The molecule has 1 heterocycles. The fourth-order valence-electron chi connectivity index (χ4n) is 2.23. The van der Waals surface area contributed by atoms with Crippen LogP contribution in [0.3, 0.4) is 0 Å². The van der Waals surface area contributed by atoms with Crippen LogP contribution in [0.4, 0.5) is 0 Å². The summed E-state index contributed by atoms with van der Waals surface area (Å²) in [6.45, 7) is 10.3. The zero-order valence-electron chi connectivity index (χ0n) is 11.6. The van der Waals surface area contributed by atoms with E-state index in [2.05, 4.69) is 24.1 Å². The van der Waals surface area contributed by atoms with E-state index in [-0.39, 0.29) is 0 Å². The van der Waals surface area contributed by atoms with Crippen LogP contribution in [0.15, 0.2) is 0 Å². The third kappa shape index (κ3) is 5.82. The molecule has 0 aromatic heterocycles. The predicted molar refractivity (Wildman–Crippen MR) is 70.4 cm³/mol. The molecule has 1 fully saturated rings. The molecule has 2 unspecified atom stereocenters. The van der Waals surface area contributed by atoms with Crippen molar-refractivity contribution in [1.82, 2.24) is 10.2 Å². The van der Waals surface area contributed by atoms with Gasteiger partial charge in [0.1, 0.15) is 0 Å². The average Bonchev–Trinajstić information content (AvgIpc) is 2.36. The van der Waals surface area contributed by atoms with Crippen LogP contribution in [0, 0.1) is 0 Å². The van der Waals surface area contributed by atoms with Crippen molar-refractivity contribution in [2.75, 3.05) is 46.5 Å². The van der Waals surface area contributed by atoms with E-state index in [4.69, 9.17) is 9.47 Å². The molecular formula is C13H28N2O2. The number of methoxy groups -OCH3 is 1. The second kappa shape index (κ2) is 8.86. The second-order valence-corrected chi connectivity index (χ2v) is 4.77. The highest BCUT2D eigenvalue weighted by Crippen LogP contribution is 2.08. The minimum absolute atomic E-state index is 0.415. The summed E-state index contributed by atoms with van der Waals surface area (Å²) in [5, 5.41) is 3.54. The first kappa shape index (κ1) is 14.9. The zero-order chi connectivity index (χ0) is 12.5. The van der Waals surface area contributed by atoms with E-state index in [1.807, 2.05) is 0 Å². The van der Waals surface area contributed by atoms with Crippen molar-refractivity contribution >= 4 is 0 Å². The molecule has 0 aliphatic carbocycles. The Bertz CT molecular complexity index is 188. The molecule has 0 aromatic rings. The lowest BCUT2D eigenvalue weighted by molar-refractivity contribution is -0.0344. The summed E-state index contributed by atoms with van der Waals surface area (Å²) in [6.07, 6.45) is 2.69. The molecule has 1 aliphatic heterocycles. The Morgan fingerprint density at radius 3 is 2.94 bits per heavy atom. The van der Waals surface area contributed by atoms with E-state index in [9.17, 15) is 0 Å². The van der Waals surface area contributed by atoms with Crippen molar-refractivity contribution in [3.63, 3.8) is 0 Å². The summed E-state index contributed by atoms with van der Waals surface area (Å²) >= 11 is 0.